The van der Waals surface area contributed by atoms with Gasteiger partial charge in [-0.25, -0.2) is 9.59 Å². The number of amides is 2. The number of aromatic nitrogens is 2. The van der Waals surface area contributed by atoms with E-state index >= 15 is 0 Å². The van der Waals surface area contributed by atoms with Gasteiger partial charge in [-0.2, -0.15) is 0 Å². The number of benzene rings is 3. The second-order valence-corrected chi connectivity index (χ2v) is 9.29. The van der Waals surface area contributed by atoms with Crippen LogP contribution in [0.2, 0.25) is 0 Å². The Morgan fingerprint density at radius 1 is 0.897 bits per heavy atom. The molecule has 1 aromatic heterocycles. The van der Waals surface area contributed by atoms with E-state index < -0.39 is 6.09 Å². The van der Waals surface area contributed by atoms with E-state index in [0.29, 0.717) is 49.0 Å². The monoisotopic (exact) mass is 525 g/mol. The maximum Gasteiger partial charge on any atom is 0.412 e. The molecule has 1 aliphatic heterocycles. The molecule has 1 fully saturated rings. The molecule has 0 saturated carbocycles. The van der Waals surface area contributed by atoms with Crippen LogP contribution in [-0.4, -0.2) is 58.8 Å². The molecular formula is C30H31N5O4. The number of rotatable bonds is 7. The van der Waals surface area contributed by atoms with Gasteiger partial charge in [0.1, 0.15) is 11.4 Å². The molecule has 0 aliphatic carbocycles. The summed E-state index contributed by atoms with van der Waals surface area (Å²) in [6.45, 7) is 4.57. The molecule has 3 aromatic carbocycles. The summed E-state index contributed by atoms with van der Waals surface area (Å²) < 4.78 is 8.40. The van der Waals surface area contributed by atoms with Gasteiger partial charge in [-0.1, -0.05) is 66.7 Å². The van der Waals surface area contributed by atoms with E-state index in [4.69, 9.17) is 4.74 Å². The van der Waals surface area contributed by atoms with Crippen LogP contribution in [0.1, 0.15) is 16.1 Å². The molecule has 0 bridgehead atoms. The van der Waals surface area contributed by atoms with Gasteiger partial charge >= 0.3 is 11.8 Å². The zero-order chi connectivity index (χ0) is 27.2. The molecule has 2 N–H and O–H groups in total. The molecule has 1 aliphatic rings. The number of para-hydroxylation sites is 2. The third-order valence-corrected chi connectivity index (χ3v) is 6.71. The second kappa shape index (κ2) is 11.8. The molecule has 39 heavy (non-hydrogen) atoms. The van der Waals surface area contributed by atoms with Gasteiger partial charge in [0.2, 0.25) is 0 Å². The summed E-state index contributed by atoms with van der Waals surface area (Å²) in [4.78, 5) is 42.3. The van der Waals surface area contributed by atoms with Crippen LogP contribution in [-0.2, 0) is 6.54 Å². The normalized spacial score (nSPS) is 13.2. The van der Waals surface area contributed by atoms with Gasteiger partial charge in [-0.3, -0.25) is 13.9 Å². The molecule has 9 heteroatoms. The van der Waals surface area contributed by atoms with Crippen molar-refractivity contribution in [2.45, 2.75) is 13.5 Å². The van der Waals surface area contributed by atoms with E-state index in [0.717, 1.165) is 11.1 Å². The van der Waals surface area contributed by atoms with E-state index in [1.54, 1.807) is 33.7 Å². The minimum Gasteiger partial charge on any atom is -0.410 e. The highest BCUT2D eigenvalue weighted by Crippen LogP contribution is 2.28. The lowest BCUT2D eigenvalue weighted by Gasteiger charge is -2.28. The van der Waals surface area contributed by atoms with Crippen molar-refractivity contribution in [3.8, 4) is 22.7 Å². The Bertz CT molecular complexity index is 1510. The standard InChI is InChI=1S/C30H31N5O4/c1-22-10-8-9-15-25(22)35-26(23-11-4-2-5-12-23)27(28(36)33-19-16-31-17-20-33)34(30(35)38)21-18-32-29(37)39-24-13-6-3-7-14-24/h2-15,31H,16-21H2,1H3,(H,32,37). The van der Waals surface area contributed by atoms with Crippen molar-refractivity contribution in [3.05, 3.63) is 107 Å². The molecule has 0 unspecified atom stereocenters. The average Bonchev–Trinajstić information content (AvgIpc) is 3.26. The molecule has 200 valence electrons. The van der Waals surface area contributed by atoms with Crippen LogP contribution in [0.5, 0.6) is 5.75 Å². The maximum absolute atomic E-state index is 14.1. The first kappa shape index (κ1) is 26.0. The Hall–Kier alpha value is -4.63. The molecule has 2 amide bonds. The smallest absolute Gasteiger partial charge is 0.410 e. The summed E-state index contributed by atoms with van der Waals surface area (Å²) >= 11 is 0. The quantitative estimate of drug-likeness (QED) is 0.385. The lowest BCUT2D eigenvalue weighted by atomic mass is 10.1. The highest BCUT2D eigenvalue weighted by Gasteiger charge is 2.31. The van der Waals surface area contributed by atoms with E-state index in [2.05, 4.69) is 10.6 Å². The largest absolute Gasteiger partial charge is 0.412 e. The number of hydrogen-bond donors (Lipinski definition) is 2. The maximum atomic E-state index is 14.1. The highest BCUT2D eigenvalue weighted by atomic mass is 16.6. The summed E-state index contributed by atoms with van der Waals surface area (Å²) in [7, 11) is 0. The number of nitrogens with one attached hydrogen (secondary N) is 2. The van der Waals surface area contributed by atoms with Crippen molar-refractivity contribution < 1.29 is 14.3 Å². The van der Waals surface area contributed by atoms with Gasteiger partial charge in [-0.05, 0) is 30.7 Å². The van der Waals surface area contributed by atoms with Crippen LogP contribution in [0.3, 0.4) is 0 Å². The molecule has 0 atom stereocenters. The fourth-order valence-electron chi connectivity index (χ4n) is 4.79. The van der Waals surface area contributed by atoms with E-state index in [1.165, 1.54) is 4.57 Å². The highest BCUT2D eigenvalue weighted by molar-refractivity contribution is 5.99. The predicted octanol–water partition coefficient (Wildman–Crippen LogP) is 3.45. The summed E-state index contributed by atoms with van der Waals surface area (Å²) in [5.41, 5.74) is 2.84. The summed E-state index contributed by atoms with van der Waals surface area (Å²) in [6, 6.07) is 25.8. The van der Waals surface area contributed by atoms with Crippen molar-refractivity contribution in [1.82, 2.24) is 24.7 Å². The summed E-state index contributed by atoms with van der Waals surface area (Å²) in [5, 5.41) is 5.98. The minimum atomic E-state index is -0.633. The van der Waals surface area contributed by atoms with Gasteiger partial charge < -0.3 is 20.3 Å². The van der Waals surface area contributed by atoms with E-state index in [1.807, 2.05) is 67.6 Å². The third kappa shape index (κ3) is 5.63. The molecule has 5 rings (SSSR count). The van der Waals surface area contributed by atoms with Crippen LogP contribution in [0.4, 0.5) is 4.79 Å². The summed E-state index contributed by atoms with van der Waals surface area (Å²) in [6.07, 6.45) is -0.633. The average molecular weight is 526 g/mol. The lowest BCUT2D eigenvalue weighted by molar-refractivity contribution is 0.0725. The Labute approximate surface area is 226 Å². The zero-order valence-corrected chi connectivity index (χ0v) is 21.8. The predicted molar refractivity (Wildman–Crippen MR) is 149 cm³/mol. The molecule has 0 radical (unpaired) electrons. The van der Waals surface area contributed by atoms with Gasteiger partial charge in [0, 0.05) is 44.8 Å². The van der Waals surface area contributed by atoms with Crippen LogP contribution in [0.25, 0.3) is 16.9 Å². The molecule has 1 saturated heterocycles. The van der Waals surface area contributed by atoms with Crippen LogP contribution < -0.4 is 21.1 Å². The minimum absolute atomic E-state index is 0.0919. The number of nitrogens with zero attached hydrogens (tertiary/aromatic N) is 3. The molecule has 4 aromatic rings. The number of aryl methyl sites for hydroxylation is 1. The number of hydrogen-bond acceptors (Lipinski definition) is 5. The Morgan fingerprint density at radius 3 is 2.23 bits per heavy atom. The SMILES string of the molecule is Cc1ccccc1-n1c(-c2ccccc2)c(C(=O)N2CCNCC2)n(CCNC(=O)Oc2ccccc2)c1=O. The number of imidazole rings is 1. The van der Waals surface area contributed by atoms with Gasteiger partial charge in [0.25, 0.3) is 5.91 Å². The second-order valence-electron chi connectivity index (χ2n) is 9.29. The Balaban J connectivity index is 1.57. The fraction of sp³-hybridized carbons (Fsp3) is 0.233. The van der Waals surface area contributed by atoms with E-state index in [-0.39, 0.29) is 24.7 Å². The zero-order valence-electron chi connectivity index (χ0n) is 21.8. The third-order valence-electron chi connectivity index (χ3n) is 6.71. The Kier molecular flexibility index (Phi) is 7.88. The molecule has 9 nitrogen and oxygen atoms in total. The molecule has 0 spiro atoms. The van der Waals surface area contributed by atoms with Crippen LogP contribution in [0.15, 0.2) is 89.7 Å². The number of carbonyl (C=O) groups is 2. The van der Waals surface area contributed by atoms with Gasteiger partial charge in [0.05, 0.1) is 11.4 Å². The van der Waals surface area contributed by atoms with Crippen molar-refractivity contribution in [3.63, 3.8) is 0 Å². The van der Waals surface area contributed by atoms with Crippen LogP contribution in [0, 0.1) is 6.92 Å². The van der Waals surface area contributed by atoms with E-state index in [9.17, 15) is 14.4 Å². The fourth-order valence-corrected chi connectivity index (χ4v) is 4.79. The van der Waals surface area contributed by atoms with Crippen molar-refractivity contribution in [1.29, 1.82) is 0 Å². The van der Waals surface area contributed by atoms with Crippen LogP contribution >= 0.6 is 0 Å². The molecular weight excluding hydrogens is 494 g/mol. The first-order chi connectivity index (χ1) is 19.0. The van der Waals surface area contributed by atoms with Gasteiger partial charge in [-0.15, -0.1) is 0 Å². The van der Waals surface area contributed by atoms with Gasteiger partial charge in [0.15, 0.2) is 0 Å². The number of piperazine rings is 1. The number of carbonyl (C=O) groups excluding carboxylic acids is 2. The first-order valence-electron chi connectivity index (χ1n) is 13.0. The summed E-state index contributed by atoms with van der Waals surface area (Å²) in [5.74, 6) is 0.200. The lowest BCUT2D eigenvalue weighted by Crippen LogP contribution is -2.47. The molecule has 2 heterocycles. The van der Waals surface area contributed by atoms with Crippen molar-refractivity contribution in [2.24, 2.45) is 0 Å². The number of ether oxygens (including phenoxy) is 1. The van der Waals surface area contributed by atoms with Crippen molar-refractivity contribution >= 4 is 12.0 Å². The topological polar surface area (TPSA) is 97.6 Å². The Morgan fingerprint density at radius 2 is 1.54 bits per heavy atom. The van der Waals surface area contributed by atoms with Crippen molar-refractivity contribution in [2.75, 3.05) is 32.7 Å². The first-order valence-corrected chi connectivity index (χ1v) is 13.0.